The van der Waals surface area contributed by atoms with Crippen LogP contribution in [0.25, 0.3) is 0 Å². The van der Waals surface area contributed by atoms with Crippen LogP contribution in [0.4, 0.5) is 5.69 Å². The van der Waals surface area contributed by atoms with Crippen molar-refractivity contribution in [2.75, 3.05) is 5.73 Å². The summed E-state index contributed by atoms with van der Waals surface area (Å²) < 4.78 is 0. The molecule has 5 nitrogen and oxygen atoms in total. The van der Waals surface area contributed by atoms with Crippen LogP contribution in [0, 0.1) is 0 Å². The monoisotopic (exact) mass is 242 g/mol. The van der Waals surface area contributed by atoms with Gasteiger partial charge in [0, 0.05) is 22.7 Å². The number of Topliss-reactive ketones (excluding diaryl/α,β-unsaturated/α-hetero) is 1. The van der Waals surface area contributed by atoms with E-state index < -0.39 is 17.8 Å². The Hall–Kier alpha value is -1.59. The van der Waals surface area contributed by atoms with Crippen LogP contribution in [0.3, 0.4) is 0 Å². The lowest BCUT2D eigenvalue weighted by Gasteiger charge is -2.07. The first-order chi connectivity index (χ1) is 7.41. The van der Waals surface area contributed by atoms with Crippen molar-refractivity contribution in [2.24, 2.45) is 5.73 Å². The van der Waals surface area contributed by atoms with E-state index in [-0.39, 0.29) is 17.7 Å². The van der Waals surface area contributed by atoms with E-state index in [0.717, 1.165) is 0 Å². The first kappa shape index (κ1) is 12.5. The molecule has 0 aliphatic heterocycles. The second-order valence-electron chi connectivity index (χ2n) is 3.30. The number of rotatable bonds is 4. The molecule has 86 valence electrons. The minimum atomic E-state index is -1.23. The number of nitrogens with two attached hydrogens (primary N) is 2. The fourth-order valence-corrected chi connectivity index (χ4v) is 1.34. The summed E-state index contributed by atoms with van der Waals surface area (Å²) in [4.78, 5) is 22.1. The molecule has 0 bridgehead atoms. The molecule has 5 N–H and O–H groups in total. The third-order valence-corrected chi connectivity index (χ3v) is 2.27. The Bertz CT molecular complexity index is 434. The van der Waals surface area contributed by atoms with E-state index in [9.17, 15) is 9.59 Å². The molecule has 1 aromatic carbocycles. The first-order valence-corrected chi connectivity index (χ1v) is 4.86. The molecule has 0 amide bonds. The lowest BCUT2D eigenvalue weighted by Crippen LogP contribution is -2.32. The summed E-state index contributed by atoms with van der Waals surface area (Å²) in [6.45, 7) is 0. The average molecular weight is 243 g/mol. The second kappa shape index (κ2) is 4.96. The SMILES string of the molecule is Nc1ccc(Cl)cc1C(=O)C[C@@H](N)C(=O)O. The van der Waals surface area contributed by atoms with Crippen LogP contribution in [0.15, 0.2) is 18.2 Å². The molecule has 1 atom stereocenters. The number of carboxylic acids is 1. The highest BCUT2D eigenvalue weighted by atomic mass is 35.5. The van der Waals surface area contributed by atoms with Crippen LogP contribution in [0.2, 0.25) is 5.02 Å². The highest BCUT2D eigenvalue weighted by Crippen LogP contribution is 2.19. The molecule has 0 aromatic heterocycles. The van der Waals surface area contributed by atoms with Crippen molar-refractivity contribution in [3.63, 3.8) is 0 Å². The Morgan fingerprint density at radius 1 is 1.44 bits per heavy atom. The van der Waals surface area contributed by atoms with Gasteiger partial charge in [0.25, 0.3) is 0 Å². The Morgan fingerprint density at radius 2 is 2.06 bits per heavy atom. The summed E-state index contributed by atoms with van der Waals surface area (Å²) in [5.41, 5.74) is 11.3. The van der Waals surface area contributed by atoms with Gasteiger partial charge in [-0.2, -0.15) is 0 Å². The van der Waals surface area contributed by atoms with Gasteiger partial charge in [0.1, 0.15) is 6.04 Å². The molecule has 0 aliphatic carbocycles. The standard InChI is InChI=1S/C10H11ClN2O3/c11-5-1-2-7(12)6(3-5)9(14)4-8(13)10(15)16/h1-3,8H,4,12-13H2,(H,15,16)/t8-/m1/s1. The Labute approximate surface area is 97.0 Å². The van der Waals surface area contributed by atoms with Crippen molar-refractivity contribution in [3.05, 3.63) is 28.8 Å². The highest BCUT2D eigenvalue weighted by molar-refractivity contribution is 6.31. The number of carbonyl (C=O) groups excluding carboxylic acids is 1. The Balaban J connectivity index is 2.88. The van der Waals surface area contributed by atoms with E-state index in [2.05, 4.69) is 0 Å². The van der Waals surface area contributed by atoms with Gasteiger partial charge >= 0.3 is 5.97 Å². The van der Waals surface area contributed by atoms with Gasteiger partial charge in [-0.1, -0.05) is 11.6 Å². The maximum atomic E-state index is 11.7. The van der Waals surface area contributed by atoms with Crippen LogP contribution in [0.1, 0.15) is 16.8 Å². The summed E-state index contributed by atoms with van der Waals surface area (Å²) >= 11 is 5.70. The lowest BCUT2D eigenvalue weighted by molar-refractivity contribution is -0.138. The number of carboxylic acid groups (broad SMARTS) is 1. The fraction of sp³-hybridized carbons (Fsp3) is 0.200. The maximum Gasteiger partial charge on any atom is 0.320 e. The number of ketones is 1. The van der Waals surface area contributed by atoms with Crippen LogP contribution in [0.5, 0.6) is 0 Å². The number of benzene rings is 1. The normalized spacial score (nSPS) is 12.1. The molecule has 0 heterocycles. The van der Waals surface area contributed by atoms with Gasteiger partial charge in [0.05, 0.1) is 0 Å². The third kappa shape index (κ3) is 2.95. The van der Waals surface area contributed by atoms with E-state index in [1.165, 1.54) is 12.1 Å². The molecule has 1 aromatic rings. The average Bonchev–Trinajstić information content (AvgIpc) is 2.21. The molecule has 6 heteroatoms. The Kier molecular flexibility index (Phi) is 3.87. The third-order valence-electron chi connectivity index (χ3n) is 2.04. The van der Waals surface area contributed by atoms with Crippen molar-refractivity contribution in [3.8, 4) is 0 Å². The maximum absolute atomic E-state index is 11.7. The van der Waals surface area contributed by atoms with Gasteiger partial charge in [0.2, 0.25) is 0 Å². The van der Waals surface area contributed by atoms with E-state index >= 15 is 0 Å². The van der Waals surface area contributed by atoms with Crippen molar-refractivity contribution >= 4 is 29.0 Å². The topological polar surface area (TPSA) is 106 Å². The summed E-state index contributed by atoms with van der Waals surface area (Å²) in [6.07, 6.45) is -0.306. The number of halogens is 1. The van der Waals surface area contributed by atoms with E-state index in [4.69, 9.17) is 28.2 Å². The van der Waals surface area contributed by atoms with Gasteiger partial charge in [-0.05, 0) is 18.2 Å². The second-order valence-corrected chi connectivity index (χ2v) is 3.74. The molecule has 0 fully saturated rings. The molecule has 0 aliphatic rings. The quantitative estimate of drug-likeness (QED) is 0.537. The predicted octanol–water partition coefficient (Wildman–Crippen LogP) is 0.907. The molecular weight excluding hydrogens is 232 g/mol. The molecule has 0 radical (unpaired) electrons. The van der Waals surface area contributed by atoms with E-state index in [0.29, 0.717) is 5.02 Å². The van der Waals surface area contributed by atoms with Gasteiger partial charge in [-0.3, -0.25) is 9.59 Å². The summed E-state index contributed by atoms with van der Waals surface area (Å²) in [7, 11) is 0. The van der Waals surface area contributed by atoms with Crippen molar-refractivity contribution in [2.45, 2.75) is 12.5 Å². The number of hydrogen-bond donors (Lipinski definition) is 3. The lowest BCUT2D eigenvalue weighted by atomic mass is 10.0. The highest BCUT2D eigenvalue weighted by Gasteiger charge is 2.19. The van der Waals surface area contributed by atoms with Crippen molar-refractivity contribution < 1.29 is 14.7 Å². The fourth-order valence-electron chi connectivity index (χ4n) is 1.17. The minimum absolute atomic E-state index is 0.198. The van der Waals surface area contributed by atoms with E-state index in [1.807, 2.05) is 0 Å². The molecular formula is C10H11ClN2O3. The molecule has 1 rings (SSSR count). The molecule has 16 heavy (non-hydrogen) atoms. The van der Waals surface area contributed by atoms with E-state index in [1.54, 1.807) is 6.07 Å². The molecule has 0 saturated heterocycles. The van der Waals surface area contributed by atoms with Gasteiger partial charge in [-0.15, -0.1) is 0 Å². The zero-order chi connectivity index (χ0) is 12.3. The Morgan fingerprint density at radius 3 is 2.62 bits per heavy atom. The summed E-state index contributed by atoms with van der Waals surface area (Å²) in [6, 6.07) is 3.20. The van der Waals surface area contributed by atoms with Gasteiger partial charge < -0.3 is 16.6 Å². The zero-order valence-electron chi connectivity index (χ0n) is 8.31. The van der Waals surface area contributed by atoms with Crippen LogP contribution >= 0.6 is 11.6 Å². The predicted molar refractivity (Wildman–Crippen MR) is 60.4 cm³/mol. The zero-order valence-corrected chi connectivity index (χ0v) is 9.07. The largest absolute Gasteiger partial charge is 0.480 e. The van der Waals surface area contributed by atoms with Crippen LogP contribution < -0.4 is 11.5 Å². The first-order valence-electron chi connectivity index (χ1n) is 4.48. The van der Waals surface area contributed by atoms with Crippen LogP contribution in [-0.4, -0.2) is 22.9 Å². The minimum Gasteiger partial charge on any atom is -0.480 e. The van der Waals surface area contributed by atoms with Crippen molar-refractivity contribution in [1.29, 1.82) is 0 Å². The number of nitrogen functional groups attached to an aromatic ring is 1. The molecule has 0 spiro atoms. The van der Waals surface area contributed by atoms with Crippen molar-refractivity contribution in [1.82, 2.24) is 0 Å². The summed E-state index contributed by atoms with van der Waals surface area (Å²) in [5, 5.41) is 8.93. The summed E-state index contributed by atoms with van der Waals surface area (Å²) in [5.74, 6) is -1.66. The number of carbonyl (C=O) groups is 2. The van der Waals surface area contributed by atoms with Crippen LogP contribution in [-0.2, 0) is 4.79 Å². The molecule has 0 unspecified atom stereocenters. The smallest absolute Gasteiger partial charge is 0.320 e. The number of anilines is 1. The number of aliphatic carboxylic acids is 1. The molecule has 0 saturated carbocycles. The van der Waals surface area contributed by atoms with Gasteiger partial charge in [-0.25, -0.2) is 0 Å². The van der Waals surface area contributed by atoms with Gasteiger partial charge in [0.15, 0.2) is 5.78 Å². The number of hydrogen-bond acceptors (Lipinski definition) is 4.